The highest BCUT2D eigenvalue weighted by molar-refractivity contribution is 5.76. The zero-order valence-corrected chi connectivity index (χ0v) is 56.1. The molecule has 0 aromatic heterocycles. The zero-order chi connectivity index (χ0) is 62.1. The number of amides is 1. The van der Waals surface area contributed by atoms with E-state index in [0.717, 1.165) is 70.6 Å². The normalized spacial score (nSPS) is 18.5. The maximum absolute atomic E-state index is 13.1. The maximum atomic E-state index is 13.1. The van der Waals surface area contributed by atoms with Crippen LogP contribution < -0.4 is 5.32 Å². The molecule has 0 spiro atoms. The van der Waals surface area contributed by atoms with Crippen LogP contribution in [0.2, 0.25) is 0 Å². The summed E-state index contributed by atoms with van der Waals surface area (Å²) in [6.45, 7) is 3.69. The highest BCUT2D eigenvalue weighted by atomic mass is 16.7. The van der Waals surface area contributed by atoms with Crippen molar-refractivity contribution in [3.63, 3.8) is 0 Å². The third-order valence-electron chi connectivity index (χ3n) is 17.2. The minimum absolute atomic E-state index is 0.186. The molecular formula is C77H139NO8. The van der Waals surface area contributed by atoms with E-state index in [9.17, 15) is 30.3 Å². The Morgan fingerprint density at radius 1 is 0.407 bits per heavy atom. The zero-order valence-electron chi connectivity index (χ0n) is 56.1. The standard InChI is InChI=1S/C77H139NO8/c1-3-5-7-9-11-13-15-17-19-21-23-25-27-29-31-32-33-34-35-36-37-38-39-40-41-43-45-47-49-51-53-55-57-59-61-63-65-67-73(81)78-70(69-85-77-76(84)75(83)74(82)72(68-79)86-77)71(80)66-64-62-60-58-56-54-52-50-48-46-44-42-30-28-26-24-22-20-18-16-14-12-10-8-6-4-2/h5,7,11,13,17,19,23,25,48,50,56,58,64,66,70-72,74-77,79-80,82-84H,3-4,6,8-10,12,14-16,18,20-22,24,26-47,49,51-55,57,59-63,65,67-69H2,1-2H3,(H,78,81)/b7-5-,13-11-,19-17-,25-23-,50-48+,58-56+,66-64+. The van der Waals surface area contributed by atoms with Gasteiger partial charge in [-0.1, -0.05) is 336 Å². The lowest BCUT2D eigenvalue weighted by molar-refractivity contribution is -0.302. The summed E-state index contributed by atoms with van der Waals surface area (Å²) in [5.41, 5.74) is 0. The van der Waals surface area contributed by atoms with Crippen molar-refractivity contribution in [2.45, 2.75) is 384 Å². The van der Waals surface area contributed by atoms with Crippen LogP contribution in [0.5, 0.6) is 0 Å². The second kappa shape index (κ2) is 65.3. The SMILES string of the molecule is CC/C=C\C/C=C\C/C=C\C/C=C\CCCCCCCCCCCCCCCCCCCCCCCCCCC(=O)NC(COC1OC(CO)C(O)C(O)C1O)C(O)/C=C/CC/C=C/CC/C=C/CCCCCCCCCCCCCCCCCC. The fourth-order valence-electron chi connectivity index (χ4n) is 11.5. The summed E-state index contributed by atoms with van der Waals surface area (Å²) in [6, 6.07) is -0.832. The lowest BCUT2D eigenvalue weighted by Crippen LogP contribution is -2.60. The molecule has 1 heterocycles. The molecule has 86 heavy (non-hydrogen) atoms. The third kappa shape index (κ3) is 53.2. The molecule has 7 unspecified atom stereocenters. The fraction of sp³-hybridized carbons (Fsp3) is 0.805. The van der Waals surface area contributed by atoms with E-state index in [1.165, 1.54) is 250 Å². The van der Waals surface area contributed by atoms with E-state index in [1.54, 1.807) is 6.08 Å². The average Bonchev–Trinajstić information content (AvgIpc) is 2.44. The highest BCUT2D eigenvalue weighted by Crippen LogP contribution is 2.23. The number of allylic oxidation sites excluding steroid dienone is 13. The predicted octanol–water partition coefficient (Wildman–Crippen LogP) is 20.5. The molecule has 0 aliphatic carbocycles. The van der Waals surface area contributed by atoms with Crippen LogP contribution in [0.3, 0.4) is 0 Å². The van der Waals surface area contributed by atoms with Crippen molar-refractivity contribution in [3.8, 4) is 0 Å². The van der Waals surface area contributed by atoms with Crippen molar-refractivity contribution in [1.82, 2.24) is 5.32 Å². The second-order valence-corrected chi connectivity index (χ2v) is 25.3. The molecule has 500 valence electrons. The minimum atomic E-state index is -1.58. The minimum Gasteiger partial charge on any atom is -0.394 e. The van der Waals surface area contributed by atoms with Gasteiger partial charge in [0.05, 0.1) is 25.4 Å². The molecule has 0 aromatic carbocycles. The first-order valence-electron chi connectivity index (χ1n) is 36.8. The van der Waals surface area contributed by atoms with Crippen molar-refractivity contribution < 1.29 is 39.8 Å². The van der Waals surface area contributed by atoms with Crippen LogP contribution in [0.4, 0.5) is 0 Å². The van der Waals surface area contributed by atoms with Gasteiger partial charge in [-0.2, -0.15) is 0 Å². The molecule has 1 rings (SSSR count). The molecule has 1 amide bonds. The quantitative estimate of drug-likeness (QED) is 0.0261. The molecule has 0 aromatic rings. The van der Waals surface area contributed by atoms with Crippen molar-refractivity contribution in [3.05, 3.63) is 85.1 Å². The molecule has 1 aliphatic rings. The summed E-state index contributed by atoms with van der Waals surface area (Å²) in [6.07, 6.45) is 87.1. The highest BCUT2D eigenvalue weighted by Gasteiger charge is 2.44. The topological polar surface area (TPSA) is 149 Å². The number of hydrogen-bond acceptors (Lipinski definition) is 8. The Hall–Kier alpha value is -2.63. The molecule has 9 heteroatoms. The van der Waals surface area contributed by atoms with Crippen LogP contribution in [0.25, 0.3) is 0 Å². The lowest BCUT2D eigenvalue weighted by Gasteiger charge is -2.40. The average molecular weight is 1210 g/mol. The molecular weight excluding hydrogens is 1070 g/mol. The van der Waals surface area contributed by atoms with Gasteiger partial charge in [-0.3, -0.25) is 4.79 Å². The van der Waals surface area contributed by atoms with Gasteiger partial charge < -0.3 is 40.3 Å². The molecule has 6 N–H and O–H groups in total. The Bertz CT molecular complexity index is 1640. The Morgan fingerprint density at radius 2 is 0.733 bits per heavy atom. The number of carbonyl (C=O) groups is 1. The number of nitrogens with one attached hydrogen (secondary N) is 1. The van der Waals surface area contributed by atoms with Gasteiger partial charge in [-0.25, -0.2) is 0 Å². The van der Waals surface area contributed by atoms with E-state index < -0.39 is 49.5 Å². The molecule has 1 aliphatic heterocycles. The molecule has 0 bridgehead atoms. The van der Waals surface area contributed by atoms with Gasteiger partial charge in [0.25, 0.3) is 0 Å². The number of aliphatic hydroxyl groups is 5. The first-order chi connectivity index (χ1) is 42.3. The Morgan fingerprint density at radius 3 is 1.12 bits per heavy atom. The van der Waals surface area contributed by atoms with Crippen LogP contribution >= 0.6 is 0 Å². The summed E-state index contributed by atoms with van der Waals surface area (Å²) in [5.74, 6) is -0.186. The number of aliphatic hydroxyl groups excluding tert-OH is 5. The van der Waals surface area contributed by atoms with Crippen LogP contribution in [0.1, 0.15) is 341 Å². The molecule has 9 nitrogen and oxygen atoms in total. The van der Waals surface area contributed by atoms with Crippen molar-refractivity contribution >= 4 is 5.91 Å². The monoisotopic (exact) mass is 1210 g/mol. The number of hydrogen-bond donors (Lipinski definition) is 6. The first-order valence-corrected chi connectivity index (χ1v) is 36.8. The second-order valence-electron chi connectivity index (χ2n) is 25.3. The summed E-state index contributed by atoms with van der Waals surface area (Å²) in [7, 11) is 0. The maximum Gasteiger partial charge on any atom is 0.220 e. The van der Waals surface area contributed by atoms with Gasteiger partial charge in [-0.05, 0) is 83.5 Å². The van der Waals surface area contributed by atoms with Gasteiger partial charge in [0.15, 0.2) is 6.29 Å². The summed E-state index contributed by atoms with van der Waals surface area (Å²) in [4.78, 5) is 13.1. The fourth-order valence-corrected chi connectivity index (χ4v) is 11.5. The van der Waals surface area contributed by atoms with Crippen LogP contribution in [0, 0.1) is 0 Å². The van der Waals surface area contributed by atoms with E-state index in [4.69, 9.17) is 9.47 Å². The largest absolute Gasteiger partial charge is 0.394 e. The third-order valence-corrected chi connectivity index (χ3v) is 17.2. The molecule has 1 fully saturated rings. The number of carbonyl (C=O) groups excluding carboxylic acids is 1. The number of ether oxygens (including phenoxy) is 2. The van der Waals surface area contributed by atoms with Crippen LogP contribution in [-0.4, -0.2) is 87.5 Å². The van der Waals surface area contributed by atoms with E-state index in [2.05, 4.69) is 92.1 Å². The first kappa shape index (κ1) is 81.4. The van der Waals surface area contributed by atoms with E-state index in [0.29, 0.717) is 6.42 Å². The van der Waals surface area contributed by atoms with Crippen LogP contribution in [0.15, 0.2) is 85.1 Å². The molecule has 0 radical (unpaired) electrons. The smallest absolute Gasteiger partial charge is 0.220 e. The van der Waals surface area contributed by atoms with Crippen LogP contribution in [-0.2, 0) is 14.3 Å². The molecule has 1 saturated heterocycles. The molecule has 0 saturated carbocycles. The van der Waals surface area contributed by atoms with Gasteiger partial charge in [0.2, 0.25) is 5.91 Å². The summed E-state index contributed by atoms with van der Waals surface area (Å²) >= 11 is 0. The van der Waals surface area contributed by atoms with E-state index in [1.807, 2.05) is 6.08 Å². The number of rotatable bonds is 64. The Labute approximate surface area is 531 Å². The summed E-state index contributed by atoms with van der Waals surface area (Å²) in [5, 5.41) is 54.8. The van der Waals surface area contributed by atoms with Gasteiger partial charge >= 0.3 is 0 Å². The Balaban J connectivity index is 2.11. The number of unbranched alkanes of at least 4 members (excludes halogenated alkanes) is 42. The van der Waals surface area contributed by atoms with E-state index >= 15 is 0 Å². The van der Waals surface area contributed by atoms with Gasteiger partial charge in [0.1, 0.15) is 24.4 Å². The predicted molar refractivity (Wildman–Crippen MR) is 368 cm³/mol. The van der Waals surface area contributed by atoms with Crippen molar-refractivity contribution in [1.29, 1.82) is 0 Å². The Kier molecular flexibility index (Phi) is 61.8. The van der Waals surface area contributed by atoms with Crippen molar-refractivity contribution in [2.75, 3.05) is 13.2 Å². The van der Waals surface area contributed by atoms with Crippen molar-refractivity contribution in [2.24, 2.45) is 0 Å². The molecule has 7 atom stereocenters. The summed E-state index contributed by atoms with van der Waals surface area (Å²) < 4.78 is 11.3. The van der Waals surface area contributed by atoms with E-state index in [-0.39, 0.29) is 12.5 Å². The van der Waals surface area contributed by atoms with Gasteiger partial charge in [-0.15, -0.1) is 0 Å². The van der Waals surface area contributed by atoms with Gasteiger partial charge in [0, 0.05) is 6.42 Å². The lowest BCUT2D eigenvalue weighted by atomic mass is 9.99.